The number of amides is 1. The average molecular weight is 307 g/mol. The van der Waals surface area contributed by atoms with Crippen molar-refractivity contribution in [3.05, 3.63) is 29.8 Å². The Kier molecular flexibility index (Phi) is 6.85. The molecule has 1 amide bonds. The molecule has 0 spiro atoms. The molecule has 122 valence electrons. The molecule has 0 bridgehead atoms. The van der Waals surface area contributed by atoms with Crippen LogP contribution in [0.1, 0.15) is 31.1 Å². The lowest BCUT2D eigenvalue weighted by atomic mass is 10.2. The van der Waals surface area contributed by atoms with Crippen LogP contribution in [0.4, 0.5) is 10.5 Å². The molecule has 0 unspecified atom stereocenters. The highest BCUT2D eigenvalue weighted by atomic mass is 16.6. The minimum absolute atomic E-state index is 0.434. The minimum atomic E-state index is -0.508. The van der Waals surface area contributed by atoms with Gasteiger partial charge in [0.2, 0.25) is 0 Å². The van der Waals surface area contributed by atoms with E-state index in [-0.39, 0.29) is 0 Å². The van der Waals surface area contributed by atoms with Crippen LogP contribution >= 0.6 is 0 Å². The molecular weight excluding hydrogens is 282 g/mol. The summed E-state index contributed by atoms with van der Waals surface area (Å²) in [5.74, 6) is 0. The quantitative estimate of drug-likeness (QED) is 0.750. The molecule has 6 heteroatoms. The third kappa shape index (κ3) is 6.58. The second-order valence-corrected chi connectivity index (χ2v) is 5.91. The van der Waals surface area contributed by atoms with Crippen molar-refractivity contribution in [1.29, 1.82) is 0 Å². The van der Waals surface area contributed by atoms with Crippen LogP contribution < -0.4 is 16.0 Å². The average Bonchev–Trinajstić information content (AvgIpc) is 2.44. The molecular formula is C16H25N3O3. The number of nitrogens with one attached hydrogen (secondary N) is 1. The number of hydrogen-bond donors (Lipinski definition) is 2. The first-order chi connectivity index (χ1) is 10.4. The maximum Gasteiger partial charge on any atom is 0.407 e. The topological polar surface area (TPSA) is 84.7 Å². The van der Waals surface area contributed by atoms with Crippen LogP contribution in [0.2, 0.25) is 0 Å². The number of alkyl carbamates (subject to hydrolysis) is 1. The lowest BCUT2D eigenvalue weighted by Crippen LogP contribution is -2.39. The van der Waals surface area contributed by atoms with Gasteiger partial charge < -0.3 is 20.7 Å². The number of aldehydes is 1. The Morgan fingerprint density at radius 1 is 1.27 bits per heavy atom. The zero-order valence-electron chi connectivity index (χ0n) is 13.5. The third-order valence-corrected chi connectivity index (χ3v) is 2.84. The standard InChI is InChI=1S/C16H25N3O3/c1-16(2,3)22-15(21)18-9-11-19(10-8-17)14-6-4-13(12-20)5-7-14/h4-7,12H,8-11,17H2,1-3H3,(H,18,21). The molecule has 1 aromatic carbocycles. The van der Waals surface area contributed by atoms with E-state index in [2.05, 4.69) is 5.32 Å². The van der Waals surface area contributed by atoms with Crippen molar-refractivity contribution in [2.24, 2.45) is 5.73 Å². The first kappa shape index (κ1) is 18.0. The predicted octanol–water partition coefficient (Wildman–Crippen LogP) is 1.79. The van der Waals surface area contributed by atoms with Gasteiger partial charge in [-0.1, -0.05) is 0 Å². The smallest absolute Gasteiger partial charge is 0.407 e. The number of carbonyl (C=O) groups excluding carboxylic acids is 2. The van der Waals surface area contributed by atoms with Crippen LogP contribution in [0.3, 0.4) is 0 Å². The van der Waals surface area contributed by atoms with E-state index in [1.807, 2.05) is 37.8 Å². The molecule has 22 heavy (non-hydrogen) atoms. The van der Waals surface area contributed by atoms with Gasteiger partial charge in [0.1, 0.15) is 11.9 Å². The van der Waals surface area contributed by atoms with Gasteiger partial charge in [-0.15, -0.1) is 0 Å². The molecule has 0 heterocycles. The molecule has 0 aromatic heterocycles. The largest absolute Gasteiger partial charge is 0.444 e. The van der Waals surface area contributed by atoms with E-state index < -0.39 is 11.7 Å². The lowest BCUT2D eigenvalue weighted by molar-refractivity contribution is 0.0529. The maximum absolute atomic E-state index is 11.6. The van der Waals surface area contributed by atoms with E-state index in [4.69, 9.17) is 10.5 Å². The predicted molar refractivity (Wildman–Crippen MR) is 87.3 cm³/mol. The summed E-state index contributed by atoms with van der Waals surface area (Å²) in [5.41, 5.74) is 6.71. The maximum atomic E-state index is 11.6. The molecule has 6 nitrogen and oxygen atoms in total. The molecule has 0 radical (unpaired) electrons. The number of carbonyl (C=O) groups is 2. The molecule has 3 N–H and O–H groups in total. The van der Waals surface area contributed by atoms with Gasteiger partial charge in [0.15, 0.2) is 0 Å². The molecule has 0 fully saturated rings. The van der Waals surface area contributed by atoms with Crippen molar-refractivity contribution in [3.63, 3.8) is 0 Å². The summed E-state index contributed by atoms with van der Waals surface area (Å²) < 4.78 is 5.18. The summed E-state index contributed by atoms with van der Waals surface area (Å²) in [6.07, 6.45) is 0.373. The third-order valence-electron chi connectivity index (χ3n) is 2.84. The molecule has 1 rings (SSSR count). The second-order valence-electron chi connectivity index (χ2n) is 5.91. The van der Waals surface area contributed by atoms with Gasteiger partial charge in [-0.3, -0.25) is 4.79 Å². The highest BCUT2D eigenvalue weighted by Gasteiger charge is 2.16. The number of hydrogen-bond acceptors (Lipinski definition) is 5. The Morgan fingerprint density at radius 3 is 2.41 bits per heavy atom. The molecule has 1 aromatic rings. The van der Waals surface area contributed by atoms with E-state index in [9.17, 15) is 9.59 Å². The highest BCUT2D eigenvalue weighted by molar-refractivity contribution is 5.75. The SMILES string of the molecule is CC(C)(C)OC(=O)NCCN(CCN)c1ccc(C=O)cc1. The molecule has 0 aliphatic rings. The zero-order valence-corrected chi connectivity index (χ0v) is 13.5. The van der Waals surface area contributed by atoms with E-state index in [1.54, 1.807) is 12.1 Å². The number of ether oxygens (including phenoxy) is 1. The van der Waals surface area contributed by atoms with Gasteiger partial charge in [-0.05, 0) is 45.0 Å². The van der Waals surface area contributed by atoms with Gasteiger partial charge in [-0.2, -0.15) is 0 Å². The molecule has 0 atom stereocenters. The fourth-order valence-corrected chi connectivity index (χ4v) is 1.90. The van der Waals surface area contributed by atoms with Gasteiger partial charge in [0, 0.05) is 37.4 Å². The zero-order chi connectivity index (χ0) is 16.6. The van der Waals surface area contributed by atoms with Crippen LogP contribution in [-0.2, 0) is 4.74 Å². The fourth-order valence-electron chi connectivity index (χ4n) is 1.90. The van der Waals surface area contributed by atoms with Crippen molar-refractivity contribution >= 4 is 18.1 Å². The van der Waals surface area contributed by atoms with Crippen LogP contribution in [0, 0.1) is 0 Å². The normalized spacial score (nSPS) is 10.9. The Balaban J connectivity index is 2.53. The summed E-state index contributed by atoms with van der Waals surface area (Å²) in [6, 6.07) is 7.25. The molecule has 0 aliphatic heterocycles. The fraction of sp³-hybridized carbons (Fsp3) is 0.500. The van der Waals surface area contributed by atoms with E-state index in [0.717, 1.165) is 12.0 Å². The number of anilines is 1. The Hall–Kier alpha value is -2.08. The molecule has 0 saturated carbocycles. The first-order valence-corrected chi connectivity index (χ1v) is 7.33. The van der Waals surface area contributed by atoms with Crippen molar-refractivity contribution in [2.45, 2.75) is 26.4 Å². The van der Waals surface area contributed by atoms with Crippen molar-refractivity contribution in [3.8, 4) is 0 Å². The first-order valence-electron chi connectivity index (χ1n) is 7.33. The summed E-state index contributed by atoms with van der Waals surface area (Å²) in [6.45, 7) is 7.69. The Labute approximate surface area is 131 Å². The van der Waals surface area contributed by atoms with Gasteiger partial charge in [0.25, 0.3) is 0 Å². The monoisotopic (exact) mass is 307 g/mol. The highest BCUT2D eigenvalue weighted by Crippen LogP contribution is 2.14. The summed E-state index contributed by atoms with van der Waals surface area (Å²) in [7, 11) is 0. The minimum Gasteiger partial charge on any atom is -0.444 e. The molecule has 0 aliphatic carbocycles. The lowest BCUT2D eigenvalue weighted by Gasteiger charge is -2.25. The van der Waals surface area contributed by atoms with Crippen LogP contribution in [0.25, 0.3) is 0 Å². The number of nitrogens with two attached hydrogens (primary N) is 1. The summed E-state index contributed by atoms with van der Waals surface area (Å²) in [5, 5.41) is 2.72. The Bertz CT molecular complexity index is 480. The summed E-state index contributed by atoms with van der Waals surface area (Å²) >= 11 is 0. The van der Waals surface area contributed by atoms with E-state index in [1.165, 1.54) is 0 Å². The molecule has 0 saturated heterocycles. The van der Waals surface area contributed by atoms with Crippen LogP contribution in [0.15, 0.2) is 24.3 Å². The Morgan fingerprint density at radius 2 is 1.91 bits per heavy atom. The van der Waals surface area contributed by atoms with E-state index >= 15 is 0 Å². The number of nitrogens with zero attached hydrogens (tertiary/aromatic N) is 1. The van der Waals surface area contributed by atoms with Crippen LogP contribution in [0.5, 0.6) is 0 Å². The number of benzene rings is 1. The second kappa shape index (κ2) is 8.38. The number of rotatable bonds is 7. The van der Waals surface area contributed by atoms with Crippen molar-refractivity contribution in [1.82, 2.24) is 5.32 Å². The van der Waals surface area contributed by atoms with Gasteiger partial charge in [0.05, 0.1) is 0 Å². The van der Waals surface area contributed by atoms with Gasteiger partial charge >= 0.3 is 6.09 Å². The van der Waals surface area contributed by atoms with E-state index in [0.29, 0.717) is 31.7 Å². The summed E-state index contributed by atoms with van der Waals surface area (Å²) in [4.78, 5) is 24.3. The van der Waals surface area contributed by atoms with Crippen molar-refractivity contribution in [2.75, 3.05) is 31.1 Å². The van der Waals surface area contributed by atoms with Crippen molar-refractivity contribution < 1.29 is 14.3 Å². The van der Waals surface area contributed by atoms with Crippen LogP contribution in [-0.4, -0.2) is 44.2 Å². The van der Waals surface area contributed by atoms with Gasteiger partial charge in [-0.25, -0.2) is 4.79 Å².